The Morgan fingerprint density at radius 2 is 1.74 bits per heavy atom. The van der Waals surface area contributed by atoms with Gasteiger partial charge in [0.05, 0.1) is 13.2 Å². The first-order valence-corrected chi connectivity index (χ1v) is 10.8. The Morgan fingerprint density at radius 1 is 1.03 bits per heavy atom. The number of piperazine rings is 1. The molecule has 6 nitrogen and oxygen atoms in total. The summed E-state index contributed by atoms with van der Waals surface area (Å²) in [5, 5.41) is 2.69. The molecule has 166 valence electrons. The maximum Gasteiger partial charge on any atom is 0.251 e. The van der Waals surface area contributed by atoms with Gasteiger partial charge in [-0.25, -0.2) is 4.39 Å². The van der Waals surface area contributed by atoms with Gasteiger partial charge in [-0.2, -0.15) is 0 Å². The molecule has 7 heteroatoms. The smallest absolute Gasteiger partial charge is 0.251 e. The van der Waals surface area contributed by atoms with Crippen molar-refractivity contribution in [3.63, 3.8) is 0 Å². The van der Waals surface area contributed by atoms with Crippen LogP contribution < -0.4 is 10.1 Å². The van der Waals surface area contributed by atoms with E-state index in [1.165, 1.54) is 6.07 Å². The fourth-order valence-electron chi connectivity index (χ4n) is 3.43. The Bertz CT molecular complexity index is 865. The van der Waals surface area contributed by atoms with E-state index in [2.05, 4.69) is 17.1 Å². The lowest BCUT2D eigenvalue weighted by atomic mass is 10.2. The highest BCUT2D eigenvalue weighted by molar-refractivity contribution is 5.96. The van der Waals surface area contributed by atoms with Gasteiger partial charge in [0.2, 0.25) is 5.91 Å². The minimum Gasteiger partial charge on any atom is -0.494 e. The average molecular weight is 428 g/mol. The predicted octanol–water partition coefficient (Wildman–Crippen LogP) is 3.08. The van der Waals surface area contributed by atoms with Crippen molar-refractivity contribution < 1.29 is 18.7 Å². The molecule has 1 saturated heterocycles. The standard InChI is InChI=1S/C24H30FN3O3/c1-2-3-16-31-21-10-8-19(9-11-21)24(30)26-17-23(29)28-14-12-27(13-15-28)18-20-6-4-5-7-22(20)25/h4-11H,2-3,12-18H2,1H3,(H,26,30). The summed E-state index contributed by atoms with van der Waals surface area (Å²) in [5.74, 6) is 0.128. The van der Waals surface area contributed by atoms with E-state index in [0.29, 0.717) is 50.5 Å². The van der Waals surface area contributed by atoms with E-state index in [4.69, 9.17) is 4.74 Å². The molecule has 1 N–H and O–H groups in total. The Balaban J connectivity index is 1.40. The van der Waals surface area contributed by atoms with Crippen molar-refractivity contribution in [1.82, 2.24) is 15.1 Å². The summed E-state index contributed by atoms with van der Waals surface area (Å²) in [6, 6.07) is 13.7. The summed E-state index contributed by atoms with van der Waals surface area (Å²) in [6.07, 6.45) is 2.05. The van der Waals surface area contributed by atoms with Crippen LogP contribution in [-0.4, -0.2) is 60.9 Å². The number of hydrogen-bond donors (Lipinski definition) is 1. The van der Waals surface area contributed by atoms with E-state index in [9.17, 15) is 14.0 Å². The monoisotopic (exact) mass is 427 g/mol. The van der Waals surface area contributed by atoms with Crippen LogP contribution >= 0.6 is 0 Å². The number of carbonyl (C=O) groups is 2. The lowest BCUT2D eigenvalue weighted by molar-refractivity contribution is -0.131. The number of nitrogens with one attached hydrogen (secondary N) is 1. The lowest BCUT2D eigenvalue weighted by Gasteiger charge is -2.34. The van der Waals surface area contributed by atoms with Crippen molar-refractivity contribution in [2.45, 2.75) is 26.3 Å². The molecule has 2 aromatic carbocycles. The second kappa shape index (κ2) is 11.5. The summed E-state index contributed by atoms with van der Waals surface area (Å²) < 4.78 is 19.4. The fraction of sp³-hybridized carbons (Fsp3) is 0.417. The summed E-state index contributed by atoms with van der Waals surface area (Å²) in [6.45, 7) is 5.72. The van der Waals surface area contributed by atoms with E-state index >= 15 is 0 Å². The van der Waals surface area contributed by atoms with Crippen LogP contribution in [0, 0.1) is 5.82 Å². The average Bonchev–Trinajstić information content (AvgIpc) is 2.80. The first-order chi connectivity index (χ1) is 15.1. The molecule has 0 radical (unpaired) electrons. The molecule has 0 aliphatic carbocycles. The Kier molecular flexibility index (Phi) is 8.41. The number of amides is 2. The van der Waals surface area contributed by atoms with Gasteiger partial charge in [-0.1, -0.05) is 31.5 Å². The van der Waals surface area contributed by atoms with Crippen LogP contribution in [0.15, 0.2) is 48.5 Å². The third-order valence-electron chi connectivity index (χ3n) is 5.36. The summed E-state index contributed by atoms with van der Waals surface area (Å²) in [7, 11) is 0. The van der Waals surface area contributed by atoms with E-state index in [1.807, 2.05) is 6.07 Å². The largest absolute Gasteiger partial charge is 0.494 e. The number of rotatable bonds is 9. The van der Waals surface area contributed by atoms with E-state index in [1.54, 1.807) is 41.3 Å². The quantitative estimate of drug-likeness (QED) is 0.625. The van der Waals surface area contributed by atoms with Gasteiger partial charge in [-0.15, -0.1) is 0 Å². The maximum absolute atomic E-state index is 13.8. The minimum absolute atomic E-state index is 0.0408. The first kappa shape index (κ1) is 22.7. The van der Waals surface area contributed by atoms with Gasteiger partial charge < -0.3 is 15.0 Å². The minimum atomic E-state index is -0.286. The summed E-state index contributed by atoms with van der Waals surface area (Å²) >= 11 is 0. The van der Waals surface area contributed by atoms with E-state index in [-0.39, 0.29) is 24.2 Å². The van der Waals surface area contributed by atoms with Crippen LogP contribution in [-0.2, 0) is 11.3 Å². The van der Waals surface area contributed by atoms with Crippen molar-refractivity contribution in [3.05, 3.63) is 65.5 Å². The number of halogens is 1. The number of nitrogens with zero attached hydrogens (tertiary/aromatic N) is 2. The molecule has 0 saturated carbocycles. The van der Waals surface area contributed by atoms with E-state index < -0.39 is 0 Å². The van der Waals surface area contributed by atoms with Crippen molar-refractivity contribution in [2.24, 2.45) is 0 Å². The maximum atomic E-state index is 13.8. The predicted molar refractivity (Wildman–Crippen MR) is 117 cm³/mol. The zero-order valence-electron chi connectivity index (χ0n) is 18.0. The third-order valence-corrected chi connectivity index (χ3v) is 5.36. The van der Waals surface area contributed by atoms with Crippen molar-refractivity contribution in [1.29, 1.82) is 0 Å². The second-order valence-electron chi connectivity index (χ2n) is 7.66. The zero-order valence-corrected chi connectivity index (χ0v) is 18.0. The Morgan fingerprint density at radius 3 is 2.42 bits per heavy atom. The van der Waals surface area contributed by atoms with E-state index in [0.717, 1.165) is 18.6 Å². The summed E-state index contributed by atoms with van der Waals surface area (Å²) in [4.78, 5) is 28.7. The number of hydrogen-bond acceptors (Lipinski definition) is 4. The fourth-order valence-corrected chi connectivity index (χ4v) is 3.43. The van der Waals surface area contributed by atoms with Crippen LogP contribution in [0.2, 0.25) is 0 Å². The summed E-state index contributed by atoms with van der Waals surface area (Å²) in [5.41, 5.74) is 1.15. The molecule has 0 aromatic heterocycles. The molecule has 0 unspecified atom stereocenters. The van der Waals surface area contributed by atoms with Gasteiger partial charge in [-0.05, 0) is 36.8 Å². The molecule has 1 heterocycles. The third kappa shape index (κ3) is 6.79. The molecule has 0 atom stereocenters. The first-order valence-electron chi connectivity index (χ1n) is 10.8. The Hall–Kier alpha value is -2.93. The van der Waals surface area contributed by atoms with Gasteiger partial charge >= 0.3 is 0 Å². The zero-order chi connectivity index (χ0) is 22.1. The molecule has 2 aromatic rings. The highest BCUT2D eigenvalue weighted by Crippen LogP contribution is 2.14. The van der Waals surface area contributed by atoms with Gasteiger partial charge in [0.15, 0.2) is 0 Å². The molecule has 1 fully saturated rings. The molecule has 1 aliphatic heterocycles. The normalized spacial score (nSPS) is 14.3. The molecule has 1 aliphatic rings. The van der Waals surface area contributed by atoms with Crippen LogP contribution in [0.4, 0.5) is 4.39 Å². The van der Waals surface area contributed by atoms with Crippen LogP contribution in [0.25, 0.3) is 0 Å². The number of ether oxygens (including phenoxy) is 1. The van der Waals surface area contributed by atoms with Crippen molar-refractivity contribution in [2.75, 3.05) is 39.3 Å². The van der Waals surface area contributed by atoms with Crippen LogP contribution in [0.3, 0.4) is 0 Å². The highest BCUT2D eigenvalue weighted by Gasteiger charge is 2.22. The van der Waals surface area contributed by atoms with Crippen LogP contribution in [0.1, 0.15) is 35.7 Å². The highest BCUT2D eigenvalue weighted by atomic mass is 19.1. The number of unbranched alkanes of at least 4 members (excludes halogenated alkanes) is 1. The van der Waals surface area contributed by atoms with Crippen molar-refractivity contribution in [3.8, 4) is 5.75 Å². The van der Waals surface area contributed by atoms with Gasteiger partial charge in [0.25, 0.3) is 5.91 Å². The SMILES string of the molecule is CCCCOc1ccc(C(=O)NCC(=O)N2CCN(Cc3ccccc3F)CC2)cc1. The molecular formula is C24H30FN3O3. The van der Waals surface area contributed by atoms with Gasteiger partial charge in [-0.3, -0.25) is 14.5 Å². The number of benzene rings is 2. The molecule has 2 amide bonds. The number of carbonyl (C=O) groups excluding carboxylic acids is 2. The topological polar surface area (TPSA) is 61.9 Å². The Labute approximate surface area is 183 Å². The van der Waals surface area contributed by atoms with Crippen LogP contribution in [0.5, 0.6) is 5.75 Å². The molecular weight excluding hydrogens is 397 g/mol. The van der Waals surface area contributed by atoms with Crippen molar-refractivity contribution >= 4 is 11.8 Å². The van der Waals surface area contributed by atoms with Gasteiger partial charge in [0.1, 0.15) is 11.6 Å². The lowest BCUT2D eigenvalue weighted by Crippen LogP contribution is -2.50. The second-order valence-corrected chi connectivity index (χ2v) is 7.66. The van der Waals surface area contributed by atoms with Gasteiger partial charge in [0, 0.05) is 43.9 Å². The molecule has 3 rings (SSSR count). The molecule has 31 heavy (non-hydrogen) atoms. The molecule has 0 spiro atoms. The molecule has 0 bridgehead atoms.